The van der Waals surface area contributed by atoms with E-state index in [2.05, 4.69) is 5.32 Å². The van der Waals surface area contributed by atoms with E-state index in [1.807, 2.05) is 38.1 Å². The molecule has 1 aliphatic rings. The maximum atomic E-state index is 12.3. The normalized spacial score (nSPS) is 17.3. The third-order valence-electron chi connectivity index (χ3n) is 3.96. The highest BCUT2D eigenvalue weighted by Gasteiger charge is 2.26. The van der Waals surface area contributed by atoms with Crippen molar-refractivity contribution in [2.45, 2.75) is 39.2 Å². The number of nitrogens with zero attached hydrogens (tertiary/aromatic N) is 1. The summed E-state index contributed by atoms with van der Waals surface area (Å²) in [6, 6.07) is 7.54. The van der Waals surface area contributed by atoms with Gasteiger partial charge in [-0.1, -0.05) is 25.1 Å². The molecule has 1 unspecified atom stereocenters. The minimum absolute atomic E-state index is 0.0552. The summed E-state index contributed by atoms with van der Waals surface area (Å²) in [5, 5.41) is 2.73. The molecule has 2 rings (SSSR count). The topological polar surface area (TPSA) is 58.6 Å². The van der Waals surface area contributed by atoms with Gasteiger partial charge in [-0.3, -0.25) is 9.59 Å². The number of anilines is 1. The Morgan fingerprint density at radius 1 is 1.32 bits per heavy atom. The number of carbonyl (C=O) groups excluding carboxylic acids is 2. The maximum absolute atomic E-state index is 12.3. The van der Waals surface area contributed by atoms with Crippen LogP contribution in [-0.2, 0) is 20.7 Å². The summed E-state index contributed by atoms with van der Waals surface area (Å²) in [5.41, 5.74) is 1.72. The van der Waals surface area contributed by atoms with Gasteiger partial charge in [0, 0.05) is 25.4 Å². The first-order valence-electron chi connectivity index (χ1n) is 7.95. The number of benzene rings is 1. The number of likely N-dealkylation sites (N-methyl/N-ethyl adjacent to an activating group) is 1. The molecule has 1 fully saturated rings. The van der Waals surface area contributed by atoms with Gasteiger partial charge in [0.25, 0.3) is 0 Å². The standard InChI is InChI=1S/C17H24N2O3/c1-3-13-8-5-6-10-15(13)18-16(20)17(21)19(4-2)12-14-9-7-11-22-14/h5-6,8,10,14H,3-4,7,9,11-12H2,1-2H3,(H,18,20). The molecule has 22 heavy (non-hydrogen) atoms. The second-order valence-corrected chi connectivity index (χ2v) is 5.44. The van der Waals surface area contributed by atoms with E-state index in [1.165, 1.54) is 0 Å². The predicted octanol–water partition coefficient (Wildman–Crippen LogP) is 2.21. The predicted molar refractivity (Wildman–Crippen MR) is 85.7 cm³/mol. The van der Waals surface area contributed by atoms with Gasteiger partial charge in [0.15, 0.2) is 0 Å². The molecule has 0 aliphatic carbocycles. The van der Waals surface area contributed by atoms with Crippen LogP contribution >= 0.6 is 0 Å². The molecule has 0 radical (unpaired) electrons. The van der Waals surface area contributed by atoms with Crippen LogP contribution in [0.15, 0.2) is 24.3 Å². The minimum Gasteiger partial charge on any atom is -0.376 e. The van der Waals surface area contributed by atoms with Crippen LogP contribution in [0.1, 0.15) is 32.3 Å². The summed E-state index contributed by atoms with van der Waals surface area (Å²) in [6.07, 6.45) is 2.83. The fourth-order valence-electron chi connectivity index (χ4n) is 2.66. The van der Waals surface area contributed by atoms with Crippen molar-refractivity contribution in [3.05, 3.63) is 29.8 Å². The van der Waals surface area contributed by atoms with Gasteiger partial charge in [-0.2, -0.15) is 0 Å². The Labute approximate surface area is 131 Å². The van der Waals surface area contributed by atoms with E-state index in [4.69, 9.17) is 4.74 Å². The monoisotopic (exact) mass is 304 g/mol. The average Bonchev–Trinajstić information content (AvgIpc) is 3.05. The largest absolute Gasteiger partial charge is 0.376 e. The Hall–Kier alpha value is -1.88. The number of aryl methyl sites for hydroxylation is 1. The molecule has 1 aromatic rings. The van der Waals surface area contributed by atoms with Crippen molar-refractivity contribution in [3.63, 3.8) is 0 Å². The Balaban J connectivity index is 1.98. The number of rotatable bonds is 5. The van der Waals surface area contributed by atoms with Crippen LogP contribution in [0, 0.1) is 0 Å². The lowest BCUT2D eigenvalue weighted by Crippen LogP contribution is -2.43. The van der Waals surface area contributed by atoms with E-state index in [9.17, 15) is 9.59 Å². The summed E-state index contributed by atoms with van der Waals surface area (Å²) in [4.78, 5) is 26.1. The number of hydrogen-bond donors (Lipinski definition) is 1. The first-order valence-corrected chi connectivity index (χ1v) is 7.95. The van der Waals surface area contributed by atoms with Gasteiger partial charge in [-0.15, -0.1) is 0 Å². The van der Waals surface area contributed by atoms with Crippen LogP contribution in [0.2, 0.25) is 0 Å². The Bertz CT molecular complexity index is 524. The fraction of sp³-hybridized carbons (Fsp3) is 0.529. The lowest BCUT2D eigenvalue weighted by Gasteiger charge is -2.23. The number of para-hydroxylation sites is 1. The highest BCUT2D eigenvalue weighted by molar-refractivity contribution is 6.39. The summed E-state index contributed by atoms with van der Waals surface area (Å²) in [7, 11) is 0. The number of nitrogens with one attached hydrogen (secondary N) is 1. The van der Waals surface area contributed by atoms with E-state index < -0.39 is 11.8 Å². The molecule has 5 heteroatoms. The average molecular weight is 304 g/mol. The van der Waals surface area contributed by atoms with Crippen molar-refractivity contribution in [3.8, 4) is 0 Å². The SMILES string of the molecule is CCc1ccccc1NC(=O)C(=O)N(CC)CC1CCCO1. The van der Waals surface area contributed by atoms with Crippen LogP contribution in [0.4, 0.5) is 5.69 Å². The molecule has 1 aromatic carbocycles. The molecule has 1 aliphatic heterocycles. The summed E-state index contributed by atoms with van der Waals surface area (Å²) < 4.78 is 5.54. The number of carbonyl (C=O) groups is 2. The highest BCUT2D eigenvalue weighted by Crippen LogP contribution is 2.16. The quantitative estimate of drug-likeness (QED) is 0.849. The first kappa shape index (κ1) is 16.5. The molecule has 1 heterocycles. The maximum Gasteiger partial charge on any atom is 0.313 e. The molecule has 120 valence electrons. The molecule has 2 amide bonds. The number of ether oxygens (including phenoxy) is 1. The molecular weight excluding hydrogens is 280 g/mol. The van der Waals surface area contributed by atoms with Gasteiger partial charge in [-0.25, -0.2) is 0 Å². The van der Waals surface area contributed by atoms with Crippen LogP contribution in [0.3, 0.4) is 0 Å². The third kappa shape index (κ3) is 4.07. The lowest BCUT2D eigenvalue weighted by molar-refractivity contribution is -0.144. The Kier molecular flexibility index (Phi) is 5.95. The molecule has 0 bridgehead atoms. The van der Waals surface area contributed by atoms with Crippen molar-refractivity contribution >= 4 is 17.5 Å². The van der Waals surface area contributed by atoms with Gasteiger partial charge >= 0.3 is 11.8 Å². The summed E-state index contributed by atoms with van der Waals surface area (Å²) in [5.74, 6) is -1.08. The molecule has 0 spiro atoms. The molecule has 1 N–H and O–H groups in total. The third-order valence-corrected chi connectivity index (χ3v) is 3.96. The van der Waals surface area contributed by atoms with Gasteiger partial charge in [0.1, 0.15) is 0 Å². The van der Waals surface area contributed by atoms with E-state index in [1.54, 1.807) is 4.90 Å². The van der Waals surface area contributed by atoms with Crippen LogP contribution < -0.4 is 5.32 Å². The van der Waals surface area contributed by atoms with E-state index in [0.29, 0.717) is 18.8 Å². The number of amides is 2. The zero-order chi connectivity index (χ0) is 15.9. The lowest BCUT2D eigenvalue weighted by atomic mass is 10.1. The van der Waals surface area contributed by atoms with Crippen molar-refractivity contribution in [1.29, 1.82) is 0 Å². The van der Waals surface area contributed by atoms with E-state index >= 15 is 0 Å². The Morgan fingerprint density at radius 2 is 2.09 bits per heavy atom. The van der Waals surface area contributed by atoms with Gasteiger partial charge in [-0.05, 0) is 37.8 Å². The summed E-state index contributed by atoms with van der Waals surface area (Å²) >= 11 is 0. The van der Waals surface area contributed by atoms with Gasteiger partial charge in [0.05, 0.1) is 6.10 Å². The highest BCUT2D eigenvalue weighted by atomic mass is 16.5. The molecule has 0 saturated carbocycles. The van der Waals surface area contributed by atoms with Crippen LogP contribution in [0.5, 0.6) is 0 Å². The Morgan fingerprint density at radius 3 is 2.73 bits per heavy atom. The van der Waals surface area contributed by atoms with Crippen molar-refractivity contribution in [2.75, 3.05) is 25.0 Å². The minimum atomic E-state index is -0.583. The molecule has 5 nitrogen and oxygen atoms in total. The first-order chi connectivity index (χ1) is 10.7. The molecule has 1 atom stereocenters. The van der Waals surface area contributed by atoms with Crippen molar-refractivity contribution in [1.82, 2.24) is 4.90 Å². The second-order valence-electron chi connectivity index (χ2n) is 5.44. The van der Waals surface area contributed by atoms with Gasteiger partial charge < -0.3 is 15.0 Å². The number of hydrogen-bond acceptors (Lipinski definition) is 3. The van der Waals surface area contributed by atoms with Crippen molar-refractivity contribution < 1.29 is 14.3 Å². The fourth-order valence-corrected chi connectivity index (χ4v) is 2.66. The van der Waals surface area contributed by atoms with E-state index in [0.717, 1.165) is 31.4 Å². The zero-order valence-corrected chi connectivity index (χ0v) is 13.3. The van der Waals surface area contributed by atoms with Crippen LogP contribution in [0.25, 0.3) is 0 Å². The molecular formula is C17H24N2O3. The van der Waals surface area contributed by atoms with Crippen LogP contribution in [-0.4, -0.2) is 42.5 Å². The van der Waals surface area contributed by atoms with Gasteiger partial charge in [0.2, 0.25) is 0 Å². The smallest absolute Gasteiger partial charge is 0.313 e. The molecule has 1 saturated heterocycles. The second kappa shape index (κ2) is 7.94. The van der Waals surface area contributed by atoms with E-state index in [-0.39, 0.29) is 6.10 Å². The summed E-state index contributed by atoms with van der Waals surface area (Å²) in [6.45, 7) is 5.62. The van der Waals surface area contributed by atoms with Crippen molar-refractivity contribution in [2.24, 2.45) is 0 Å². The molecule has 0 aromatic heterocycles. The zero-order valence-electron chi connectivity index (χ0n) is 13.3.